The molecule has 1 amide bonds. The molecular weight excluding hydrogens is 333 g/mol. The summed E-state index contributed by atoms with van der Waals surface area (Å²) in [5.41, 5.74) is 1.52. The van der Waals surface area contributed by atoms with Gasteiger partial charge in [-0.2, -0.15) is 0 Å². The molecule has 0 spiro atoms. The van der Waals surface area contributed by atoms with Crippen LogP contribution in [-0.4, -0.2) is 17.4 Å². The second-order valence-corrected chi connectivity index (χ2v) is 6.05. The van der Waals surface area contributed by atoms with Gasteiger partial charge in [-0.05, 0) is 52.5 Å². The molecule has 1 saturated heterocycles. The van der Waals surface area contributed by atoms with Gasteiger partial charge >= 0.3 is 0 Å². The quantitative estimate of drug-likeness (QED) is 0.779. The Morgan fingerprint density at radius 1 is 1.19 bits per heavy atom. The third-order valence-corrected chi connectivity index (χ3v) is 4.55. The van der Waals surface area contributed by atoms with Crippen LogP contribution < -0.4 is 0 Å². The first-order chi connectivity index (χ1) is 10.2. The summed E-state index contributed by atoms with van der Waals surface area (Å²) >= 11 is 3.34. The number of hydrogen-bond acceptors (Lipinski definition) is 1. The second kappa shape index (κ2) is 5.98. The summed E-state index contributed by atoms with van der Waals surface area (Å²) in [5, 5.41) is 0. The van der Waals surface area contributed by atoms with Crippen molar-refractivity contribution in [3.63, 3.8) is 0 Å². The van der Waals surface area contributed by atoms with E-state index in [2.05, 4.69) is 15.9 Å². The molecule has 0 aliphatic carbocycles. The van der Waals surface area contributed by atoms with Gasteiger partial charge < -0.3 is 4.90 Å². The molecule has 2 aromatic rings. The molecule has 0 unspecified atom stereocenters. The van der Waals surface area contributed by atoms with Crippen LogP contribution in [0, 0.1) is 5.82 Å². The lowest BCUT2D eigenvalue weighted by Gasteiger charge is -2.25. The van der Waals surface area contributed by atoms with Gasteiger partial charge in [-0.15, -0.1) is 0 Å². The van der Waals surface area contributed by atoms with Crippen molar-refractivity contribution in [3.05, 3.63) is 69.9 Å². The molecule has 0 aromatic heterocycles. The molecule has 21 heavy (non-hydrogen) atoms. The summed E-state index contributed by atoms with van der Waals surface area (Å²) in [6.45, 7) is 0.710. The Bertz CT molecular complexity index is 659. The van der Waals surface area contributed by atoms with Crippen LogP contribution in [0.5, 0.6) is 0 Å². The first-order valence-corrected chi connectivity index (χ1v) is 7.77. The van der Waals surface area contributed by atoms with Crippen molar-refractivity contribution in [2.24, 2.45) is 0 Å². The number of carbonyl (C=O) groups is 1. The minimum atomic E-state index is -0.392. The smallest absolute Gasteiger partial charge is 0.255 e. The first-order valence-electron chi connectivity index (χ1n) is 6.98. The molecule has 1 fully saturated rings. The molecule has 0 saturated carbocycles. The van der Waals surface area contributed by atoms with Gasteiger partial charge in [-0.1, -0.05) is 30.3 Å². The molecule has 0 radical (unpaired) electrons. The van der Waals surface area contributed by atoms with Crippen molar-refractivity contribution in [2.45, 2.75) is 18.9 Å². The van der Waals surface area contributed by atoms with E-state index in [0.717, 1.165) is 18.4 Å². The van der Waals surface area contributed by atoms with Gasteiger partial charge in [0, 0.05) is 11.0 Å². The molecule has 1 heterocycles. The molecule has 1 aliphatic rings. The Morgan fingerprint density at radius 2 is 1.95 bits per heavy atom. The largest absolute Gasteiger partial charge is 0.332 e. The van der Waals surface area contributed by atoms with Crippen molar-refractivity contribution in [1.29, 1.82) is 0 Å². The van der Waals surface area contributed by atoms with E-state index in [-0.39, 0.29) is 11.9 Å². The van der Waals surface area contributed by atoms with Gasteiger partial charge in [0.1, 0.15) is 5.82 Å². The van der Waals surface area contributed by atoms with Gasteiger partial charge in [0.25, 0.3) is 5.91 Å². The molecular formula is C17H15BrFNO. The molecule has 0 N–H and O–H groups in total. The number of rotatable bonds is 2. The SMILES string of the molecule is O=C(c1cc(F)ccc1Br)N1CCC[C@@H]1c1ccccc1. The fourth-order valence-electron chi connectivity index (χ4n) is 2.85. The number of hydrogen-bond donors (Lipinski definition) is 0. The molecule has 1 atom stereocenters. The lowest BCUT2D eigenvalue weighted by atomic mass is 10.0. The summed E-state index contributed by atoms with van der Waals surface area (Å²) in [5.74, 6) is -0.510. The maximum absolute atomic E-state index is 13.4. The molecule has 2 nitrogen and oxygen atoms in total. The van der Waals surface area contributed by atoms with Crippen LogP contribution in [0.4, 0.5) is 4.39 Å². The maximum atomic E-state index is 13.4. The Balaban J connectivity index is 1.92. The maximum Gasteiger partial charge on any atom is 0.255 e. The minimum Gasteiger partial charge on any atom is -0.332 e. The molecule has 0 bridgehead atoms. The third-order valence-electron chi connectivity index (χ3n) is 3.86. The number of amides is 1. The number of carbonyl (C=O) groups excluding carboxylic acids is 1. The van der Waals surface area contributed by atoms with Gasteiger partial charge in [-0.25, -0.2) is 4.39 Å². The van der Waals surface area contributed by atoms with Crippen molar-refractivity contribution < 1.29 is 9.18 Å². The van der Waals surface area contributed by atoms with Gasteiger partial charge in [0.05, 0.1) is 11.6 Å². The molecule has 3 rings (SSSR count). The topological polar surface area (TPSA) is 20.3 Å². The van der Waals surface area contributed by atoms with E-state index in [9.17, 15) is 9.18 Å². The van der Waals surface area contributed by atoms with Crippen molar-refractivity contribution in [3.8, 4) is 0 Å². The van der Waals surface area contributed by atoms with Gasteiger partial charge in [-0.3, -0.25) is 4.79 Å². The number of benzene rings is 2. The van der Waals surface area contributed by atoms with Gasteiger partial charge in [0.15, 0.2) is 0 Å². The molecule has 4 heteroatoms. The van der Waals surface area contributed by atoms with Crippen LogP contribution in [0.25, 0.3) is 0 Å². The van der Waals surface area contributed by atoms with E-state index >= 15 is 0 Å². The lowest BCUT2D eigenvalue weighted by Crippen LogP contribution is -2.30. The monoisotopic (exact) mass is 347 g/mol. The highest BCUT2D eigenvalue weighted by atomic mass is 79.9. The highest BCUT2D eigenvalue weighted by Crippen LogP contribution is 2.34. The summed E-state index contributed by atoms with van der Waals surface area (Å²) in [6, 6.07) is 14.3. The Hall–Kier alpha value is -1.68. The Morgan fingerprint density at radius 3 is 2.71 bits per heavy atom. The van der Waals surface area contributed by atoms with Crippen LogP contribution in [0.3, 0.4) is 0 Å². The average molecular weight is 348 g/mol. The Kier molecular flexibility index (Phi) is 4.06. The summed E-state index contributed by atoms with van der Waals surface area (Å²) < 4.78 is 14.1. The molecule has 2 aromatic carbocycles. The highest BCUT2D eigenvalue weighted by Gasteiger charge is 2.31. The van der Waals surface area contributed by atoms with Gasteiger partial charge in [0.2, 0.25) is 0 Å². The van der Waals surface area contributed by atoms with E-state index in [1.54, 1.807) is 6.07 Å². The van der Waals surface area contributed by atoms with Crippen LogP contribution in [0.2, 0.25) is 0 Å². The number of likely N-dealkylation sites (tertiary alicyclic amines) is 1. The first kappa shape index (κ1) is 14.3. The molecule has 108 valence electrons. The summed E-state index contributed by atoms with van der Waals surface area (Å²) in [4.78, 5) is 14.6. The number of nitrogens with zero attached hydrogens (tertiary/aromatic N) is 1. The fourth-order valence-corrected chi connectivity index (χ4v) is 3.26. The second-order valence-electron chi connectivity index (χ2n) is 5.19. The zero-order valence-corrected chi connectivity index (χ0v) is 13.0. The number of halogens is 2. The van der Waals surface area contributed by atoms with Crippen LogP contribution in [-0.2, 0) is 0 Å². The van der Waals surface area contributed by atoms with Crippen molar-refractivity contribution >= 4 is 21.8 Å². The Labute approximate surface area is 131 Å². The normalized spacial score (nSPS) is 18.0. The van der Waals surface area contributed by atoms with E-state index in [0.29, 0.717) is 16.6 Å². The van der Waals surface area contributed by atoms with Crippen LogP contribution in [0.1, 0.15) is 34.8 Å². The predicted octanol–water partition coefficient (Wildman–Crippen LogP) is 4.57. The van der Waals surface area contributed by atoms with E-state index < -0.39 is 5.82 Å². The summed E-state index contributed by atoms with van der Waals surface area (Å²) in [7, 11) is 0. The van der Waals surface area contributed by atoms with Crippen LogP contribution in [0.15, 0.2) is 53.0 Å². The van der Waals surface area contributed by atoms with E-state index in [4.69, 9.17) is 0 Å². The standard InChI is InChI=1S/C17H15BrFNO/c18-15-9-8-13(19)11-14(15)17(21)20-10-4-7-16(20)12-5-2-1-3-6-12/h1-3,5-6,8-9,11,16H,4,7,10H2/t16-/m1/s1. The van der Waals surface area contributed by atoms with Crippen LogP contribution >= 0.6 is 15.9 Å². The van der Waals surface area contributed by atoms with Crippen molar-refractivity contribution in [1.82, 2.24) is 4.90 Å². The summed E-state index contributed by atoms with van der Waals surface area (Å²) in [6.07, 6.45) is 1.92. The third kappa shape index (κ3) is 2.86. The van der Waals surface area contributed by atoms with Crippen molar-refractivity contribution in [2.75, 3.05) is 6.54 Å². The zero-order chi connectivity index (χ0) is 14.8. The fraction of sp³-hybridized carbons (Fsp3) is 0.235. The average Bonchev–Trinajstić information content (AvgIpc) is 2.99. The lowest BCUT2D eigenvalue weighted by molar-refractivity contribution is 0.0734. The van der Waals surface area contributed by atoms with E-state index in [1.807, 2.05) is 35.2 Å². The zero-order valence-electron chi connectivity index (χ0n) is 11.4. The van der Waals surface area contributed by atoms with E-state index in [1.165, 1.54) is 12.1 Å². The predicted molar refractivity (Wildman–Crippen MR) is 83.6 cm³/mol. The highest BCUT2D eigenvalue weighted by molar-refractivity contribution is 9.10. The minimum absolute atomic E-state index is 0.0777. The molecule has 1 aliphatic heterocycles.